The van der Waals surface area contributed by atoms with E-state index in [-0.39, 0.29) is 12.1 Å². The van der Waals surface area contributed by atoms with Gasteiger partial charge in [0.2, 0.25) is 0 Å². The first-order chi connectivity index (χ1) is 34.1. The molecular weight excluding hydrogens is 843 g/mol. The number of nitrogens with one attached hydrogen (secondary N) is 2. The number of hydrogen-bond acceptors (Lipinski definition) is 5. The third-order valence-corrected chi connectivity index (χ3v) is 13.7. The molecular formula is C63H49N5O. The van der Waals surface area contributed by atoms with Crippen LogP contribution in [0.4, 0.5) is 0 Å². The second kappa shape index (κ2) is 17.9. The quantitative estimate of drug-likeness (QED) is 0.0944. The molecule has 0 fully saturated rings. The minimum absolute atomic E-state index is 0.235. The predicted molar refractivity (Wildman–Crippen MR) is 287 cm³/mol. The lowest BCUT2D eigenvalue weighted by molar-refractivity contribution is 0.436. The van der Waals surface area contributed by atoms with E-state index in [0.717, 1.165) is 114 Å². The number of para-hydroxylation sites is 1. The van der Waals surface area contributed by atoms with E-state index in [4.69, 9.17) is 15.1 Å². The maximum Gasteiger partial charge on any atom is 0.160 e. The molecule has 12 rings (SSSR count). The van der Waals surface area contributed by atoms with Crippen molar-refractivity contribution in [1.29, 1.82) is 0 Å². The van der Waals surface area contributed by atoms with Crippen molar-refractivity contribution in [2.24, 2.45) is 10.7 Å². The standard InChI is InChI=1S/C63H49N5O/c1-2-41(46-37-47(42-21-8-3-9-22-42)39-48(38-46)43-23-10-4-11-24-43)40-54(63-66-61(44-25-12-5-13-26-44)65-62(67-63)45-27-14-6-15-28-45)58(64)52-32-20-34-56-57(52)53-36-35-51-50-31-18-19-33-55(50)68(59(51)60(53)69-56)49-29-16-7-17-30-49/h2-6,8-15,18-23,25-28,30-40,43,61,63,66H,1,16,24,29,64H2,(H,65,67)/b41-40+,58-54+. The Balaban J connectivity index is 1.11. The molecule has 69 heavy (non-hydrogen) atoms. The van der Waals surface area contributed by atoms with Crippen LogP contribution in [0.2, 0.25) is 0 Å². The van der Waals surface area contributed by atoms with E-state index < -0.39 is 6.17 Å². The van der Waals surface area contributed by atoms with Gasteiger partial charge in [0.05, 0.1) is 11.0 Å². The molecule has 3 heterocycles. The van der Waals surface area contributed by atoms with Gasteiger partial charge in [-0.2, -0.15) is 0 Å². The molecule has 332 valence electrons. The van der Waals surface area contributed by atoms with Crippen LogP contribution in [0.1, 0.15) is 59.2 Å². The fourth-order valence-electron chi connectivity index (χ4n) is 10.3. The average Bonchev–Trinajstić information content (AvgIpc) is 3.98. The number of fused-ring (bicyclic) bond motifs is 7. The van der Waals surface area contributed by atoms with Crippen LogP contribution in [-0.2, 0) is 0 Å². The summed E-state index contributed by atoms with van der Waals surface area (Å²) in [6, 6.07) is 57.5. The molecule has 3 unspecified atom stereocenters. The Morgan fingerprint density at radius 2 is 1.52 bits per heavy atom. The first kappa shape index (κ1) is 41.8. The lowest BCUT2D eigenvalue weighted by Crippen LogP contribution is -2.49. The molecule has 3 aliphatic rings. The largest absolute Gasteiger partial charge is 0.454 e. The maximum atomic E-state index is 7.81. The van der Waals surface area contributed by atoms with Crippen molar-refractivity contribution in [3.05, 3.63) is 246 Å². The van der Waals surface area contributed by atoms with E-state index in [1.807, 2.05) is 42.5 Å². The first-order valence-electron chi connectivity index (χ1n) is 23.7. The van der Waals surface area contributed by atoms with E-state index in [1.165, 1.54) is 10.9 Å². The van der Waals surface area contributed by atoms with Crippen LogP contribution >= 0.6 is 0 Å². The number of aliphatic imine (C=N–C) groups is 1. The molecule has 0 amide bonds. The van der Waals surface area contributed by atoms with Gasteiger partial charge in [0.25, 0.3) is 0 Å². The molecule has 0 saturated heterocycles. The maximum absolute atomic E-state index is 7.81. The zero-order chi connectivity index (χ0) is 46.3. The summed E-state index contributed by atoms with van der Waals surface area (Å²) < 4.78 is 9.39. The Morgan fingerprint density at radius 3 is 2.29 bits per heavy atom. The van der Waals surface area contributed by atoms with E-state index in [9.17, 15) is 0 Å². The molecule has 3 atom stereocenters. The third-order valence-electron chi connectivity index (χ3n) is 13.7. The summed E-state index contributed by atoms with van der Waals surface area (Å²) in [5.41, 5.74) is 22.5. The number of aromatic nitrogens is 1. The molecule has 2 aliphatic carbocycles. The molecule has 4 N–H and O–H groups in total. The molecule has 9 aromatic rings. The number of allylic oxidation sites excluding steroid dienone is 8. The van der Waals surface area contributed by atoms with Crippen molar-refractivity contribution < 1.29 is 4.42 Å². The highest BCUT2D eigenvalue weighted by Crippen LogP contribution is 2.43. The van der Waals surface area contributed by atoms with Crippen LogP contribution in [0, 0.1) is 11.8 Å². The number of rotatable bonds is 10. The van der Waals surface area contributed by atoms with Crippen LogP contribution in [0.3, 0.4) is 0 Å². The van der Waals surface area contributed by atoms with Gasteiger partial charge in [-0.25, -0.2) is 4.99 Å². The number of hydrogen-bond donors (Lipinski definition) is 3. The smallest absolute Gasteiger partial charge is 0.160 e. The monoisotopic (exact) mass is 891 g/mol. The number of furan rings is 1. The van der Waals surface area contributed by atoms with Crippen LogP contribution in [0.5, 0.6) is 0 Å². The van der Waals surface area contributed by atoms with Crippen molar-refractivity contribution in [3.63, 3.8) is 0 Å². The SMILES string of the molecule is C=C/C(=C\C(=C(/N)c1cccc2oc3c(ccc4c5ccccc5n(C5=CC#CCC5)c43)c12)C1N=C(c2ccccc2)NC(c2ccccc2)N1)c1cc(-c2ccccc2)cc(C2C=CC=CC2)c1. The number of nitrogens with two attached hydrogens (primary N) is 1. The lowest BCUT2D eigenvalue weighted by atomic mass is 9.87. The molecule has 0 radical (unpaired) electrons. The zero-order valence-corrected chi connectivity index (χ0v) is 38.1. The van der Waals surface area contributed by atoms with Gasteiger partial charge in [0, 0.05) is 68.1 Å². The fraction of sp³-hybridized carbons (Fsp3) is 0.0952. The topological polar surface area (TPSA) is 80.5 Å². The van der Waals surface area contributed by atoms with E-state index in [1.54, 1.807) is 0 Å². The number of nitrogens with zero attached hydrogens (tertiary/aromatic N) is 2. The molecule has 1 aliphatic heterocycles. The van der Waals surface area contributed by atoms with E-state index in [0.29, 0.717) is 5.70 Å². The second-order valence-electron chi connectivity index (χ2n) is 17.9. The molecule has 2 aromatic heterocycles. The van der Waals surface area contributed by atoms with Crippen LogP contribution in [-0.4, -0.2) is 16.6 Å². The van der Waals surface area contributed by atoms with Crippen LogP contribution in [0.25, 0.3) is 71.8 Å². The summed E-state index contributed by atoms with van der Waals surface area (Å²) in [6.45, 7) is 4.46. The highest BCUT2D eigenvalue weighted by molar-refractivity contribution is 6.23. The third kappa shape index (κ3) is 7.69. The Kier molecular flexibility index (Phi) is 10.8. The number of amidine groups is 1. The number of benzene rings is 7. The van der Waals surface area contributed by atoms with Crippen molar-refractivity contribution in [2.75, 3.05) is 0 Å². The van der Waals surface area contributed by atoms with Crippen LogP contribution in [0.15, 0.2) is 228 Å². The van der Waals surface area contributed by atoms with Gasteiger partial charge in [-0.3, -0.25) is 5.32 Å². The van der Waals surface area contributed by atoms with Gasteiger partial charge in [0.15, 0.2) is 5.58 Å². The summed E-state index contributed by atoms with van der Waals surface area (Å²) in [5.74, 6) is 7.51. The summed E-state index contributed by atoms with van der Waals surface area (Å²) >= 11 is 0. The summed E-state index contributed by atoms with van der Waals surface area (Å²) in [4.78, 5) is 5.49. The van der Waals surface area contributed by atoms with E-state index in [2.05, 4.69) is 197 Å². The van der Waals surface area contributed by atoms with Crippen LogP contribution < -0.4 is 16.4 Å². The Morgan fingerprint density at radius 1 is 0.754 bits per heavy atom. The van der Waals surface area contributed by atoms with Crippen molar-refractivity contribution >= 4 is 66.5 Å². The van der Waals surface area contributed by atoms with Crippen molar-refractivity contribution in [1.82, 2.24) is 15.2 Å². The summed E-state index contributed by atoms with van der Waals surface area (Å²) in [6.07, 6.45) is 16.7. The average molecular weight is 892 g/mol. The van der Waals surface area contributed by atoms with Crippen molar-refractivity contribution in [2.45, 2.75) is 37.5 Å². The summed E-state index contributed by atoms with van der Waals surface area (Å²) in [7, 11) is 0. The molecule has 0 saturated carbocycles. The molecule has 6 nitrogen and oxygen atoms in total. The van der Waals surface area contributed by atoms with Gasteiger partial charge < -0.3 is 20.0 Å². The normalized spacial score (nSPS) is 18.4. The highest BCUT2D eigenvalue weighted by atomic mass is 16.3. The van der Waals surface area contributed by atoms with Gasteiger partial charge >= 0.3 is 0 Å². The Hall–Kier alpha value is -8.63. The van der Waals surface area contributed by atoms with Crippen molar-refractivity contribution in [3.8, 4) is 23.0 Å². The minimum Gasteiger partial charge on any atom is -0.454 e. The van der Waals surface area contributed by atoms with Gasteiger partial charge in [-0.1, -0.05) is 188 Å². The molecule has 0 spiro atoms. The molecule has 6 heteroatoms. The minimum atomic E-state index is -0.591. The summed E-state index contributed by atoms with van der Waals surface area (Å²) in [5, 5.41) is 11.8. The van der Waals surface area contributed by atoms with Gasteiger partial charge in [-0.05, 0) is 76.6 Å². The fourth-order valence-corrected chi connectivity index (χ4v) is 10.3. The van der Waals surface area contributed by atoms with E-state index >= 15 is 0 Å². The Labute approximate surface area is 401 Å². The van der Waals surface area contributed by atoms with Gasteiger partial charge in [0.1, 0.15) is 23.8 Å². The molecule has 0 bridgehead atoms. The highest BCUT2D eigenvalue weighted by Gasteiger charge is 2.29. The first-order valence-corrected chi connectivity index (χ1v) is 23.7. The zero-order valence-electron chi connectivity index (χ0n) is 38.1. The van der Waals surface area contributed by atoms with Gasteiger partial charge in [-0.15, -0.1) is 0 Å². The molecule has 7 aromatic carbocycles. The predicted octanol–water partition coefficient (Wildman–Crippen LogP) is 14.2. The Bertz CT molecular complexity index is 3740. The second-order valence-corrected chi connectivity index (χ2v) is 17.9. The lowest BCUT2D eigenvalue weighted by Gasteiger charge is -2.33.